The number of nitrogens with one attached hydrogen (secondary N) is 2. The summed E-state index contributed by atoms with van der Waals surface area (Å²) in [5, 5.41) is 2.46. The summed E-state index contributed by atoms with van der Waals surface area (Å²) in [5.41, 5.74) is 5.01. The number of aryl methyl sites for hydroxylation is 1. The first-order valence-electron chi connectivity index (χ1n) is 6.02. The number of rotatable bonds is 3. The summed E-state index contributed by atoms with van der Waals surface area (Å²) in [5.74, 6) is -1.04. The van der Waals surface area contributed by atoms with Crippen LogP contribution < -0.4 is 22.3 Å². The van der Waals surface area contributed by atoms with Crippen LogP contribution in [0.15, 0.2) is 34.0 Å². The zero-order valence-electron chi connectivity index (χ0n) is 11.1. The van der Waals surface area contributed by atoms with Gasteiger partial charge in [0.1, 0.15) is 12.4 Å². The van der Waals surface area contributed by atoms with Gasteiger partial charge in [0, 0.05) is 11.8 Å². The Morgan fingerprint density at radius 2 is 2.14 bits per heavy atom. The van der Waals surface area contributed by atoms with Crippen molar-refractivity contribution in [1.82, 2.24) is 9.55 Å². The lowest BCUT2D eigenvalue weighted by Gasteiger charge is -2.09. The first-order chi connectivity index (χ1) is 9.86. The van der Waals surface area contributed by atoms with Gasteiger partial charge in [-0.15, -0.1) is 0 Å². The number of aromatic amines is 1. The molecule has 0 saturated heterocycles. The number of nitrogens with zero attached hydrogens (tertiary/aromatic N) is 1. The lowest BCUT2D eigenvalue weighted by atomic mass is 10.2. The van der Waals surface area contributed by atoms with E-state index in [0.717, 1.165) is 16.7 Å². The molecule has 0 spiro atoms. The van der Waals surface area contributed by atoms with Gasteiger partial charge in [0.25, 0.3) is 5.56 Å². The van der Waals surface area contributed by atoms with Crippen LogP contribution in [-0.2, 0) is 11.3 Å². The van der Waals surface area contributed by atoms with Gasteiger partial charge in [-0.2, -0.15) is 0 Å². The second-order valence-electron chi connectivity index (χ2n) is 4.48. The van der Waals surface area contributed by atoms with Crippen molar-refractivity contribution in [3.05, 3.63) is 56.6 Å². The van der Waals surface area contributed by atoms with Crippen molar-refractivity contribution < 1.29 is 9.18 Å². The molecule has 0 aliphatic rings. The third-order valence-corrected chi connectivity index (χ3v) is 2.79. The highest BCUT2D eigenvalue weighted by Gasteiger charge is 2.09. The van der Waals surface area contributed by atoms with Crippen molar-refractivity contribution in [1.29, 1.82) is 0 Å². The summed E-state index contributed by atoms with van der Waals surface area (Å²) in [6.07, 6.45) is 1.29. The number of nitrogen functional groups attached to an aromatic ring is 1. The molecule has 2 aromatic rings. The third-order valence-electron chi connectivity index (χ3n) is 2.79. The number of nitrogens with two attached hydrogens (primary N) is 1. The Kier molecular flexibility index (Phi) is 3.88. The van der Waals surface area contributed by atoms with Gasteiger partial charge in [-0.3, -0.25) is 19.1 Å². The summed E-state index contributed by atoms with van der Waals surface area (Å²) in [4.78, 5) is 36.7. The van der Waals surface area contributed by atoms with Crippen molar-refractivity contribution in [3.63, 3.8) is 0 Å². The van der Waals surface area contributed by atoms with Crippen LogP contribution in [0.3, 0.4) is 0 Å². The van der Waals surface area contributed by atoms with Gasteiger partial charge in [-0.25, -0.2) is 9.18 Å². The normalized spacial score (nSPS) is 10.4. The highest BCUT2D eigenvalue weighted by Crippen LogP contribution is 2.18. The van der Waals surface area contributed by atoms with E-state index in [1.165, 1.54) is 19.2 Å². The van der Waals surface area contributed by atoms with Gasteiger partial charge in [0.15, 0.2) is 0 Å². The van der Waals surface area contributed by atoms with E-state index in [4.69, 9.17) is 5.73 Å². The largest absolute Gasteiger partial charge is 0.397 e. The number of halogens is 1. The Morgan fingerprint density at radius 3 is 2.81 bits per heavy atom. The maximum atomic E-state index is 12.9. The van der Waals surface area contributed by atoms with Crippen LogP contribution in [0.25, 0.3) is 0 Å². The standard InChI is InChI=1S/C13H13FN4O3/c1-7-5-18(13(21)17-12(7)20)6-11(19)16-10-3-2-8(14)4-9(10)15/h2-5H,6,15H2,1H3,(H,16,19)(H,17,20,21). The van der Waals surface area contributed by atoms with E-state index in [1.54, 1.807) is 0 Å². The molecule has 1 heterocycles. The van der Waals surface area contributed by atoms with Gasteiger partial charge < -0.3 is 11.1 Å². The molecule has 2 rings (SSSR count). The fourth-order valence-electron chi connectivity index (χ4n) is 1.73. The molecule has 4 N–H and O–H groups in total. The number of hydrogen-bond acceptors (Lipinski definition) is 4. The quantitative estimate of drug-likeness (QED) is 0.702. The SMILES string of the molecule is Cc1cn(CC(=O)Nc2ccc(F)cc2N)c(=O)[nH]c1=O. The second kappa shape index (κ2) is 5.61. The van der Waals surface area contributed by atoms with E-state index >= 15 is 0 Å². The molecule has 0 saturated carbocycles. The number of benzene rings is 1. The molecule has 1 aromatic heterocycles. The Labute approximate surface area is 118 Å². The summed E-state index contributed by atoms with van der Waals surface area (Å²) < 4.78 is 14.0. The van der Waals surface area contributed by atoms with E-state index in [9.17, 15) is 18.8 Å². The molecule has 0 fully saturated rings. The number of H-pyrrole nitrogens is 1. The molecule has 8 heteroatoms. The molecule has 7 nitrogen and oxygen atoms in total. The first-order valence-corrected chi connectivity index (χ1v) is 6.02. The van der Waals surface area contributed by atoms with E-state index in [0.29, 0.717) is 5.56 Å². The number of anilines is 2. The van der Waals surface area contributed by atoms with Gasteiger partial charge in [-0.05, 0) is 25.1 Å². The zero-order chi connectivity index (χ0) is 15.6. The third kappa shape index (κ3) is 3.35. The number of carbonyl (C=O) groups is 1. The van der Waals surface area contributed by atoms with Gasteiger partial charge in [0.2, 0.25) is 5.91 Å². The second-order valence-corrected chi connectivity index (χ2v) is 4.48. The molecule has 1 amide bonds. The minimum absolute atomic E-state index is 0.0772. The number of hydrogen-bond donors (Lipinski definition) is 3. The molecule has 110 valence electrons. The van der Waals surface area contributed by atoms with E-state index in [1.807, 2.05) is 0 Å². The van der Waals surface area contributed by atoms with Crippen LogP contribution >= 0.6 is 0 Å². The molecular formula is C13H13FN4O3. The average Bonchev–Trinajstić information content (AvgIpc) is 2.39. The lowest BCUT2D eigenvalue weighted by Crippen LogP contribution is -2.34. The number of aromatic nitrogens is 2. The zero-order valence-corrected chi connectivity index (χ0v) is 11.1. The van der Waals surface area contributed by atoms with E-state index in [-0.39, 0.29) is 17.9 Å². The van der Waals surface area contributed by atoms with Crippen LogP contribution in [0.5, 0.6) is 0 Å². The van der Waals surface area contributed by atoms with Crippen molar-refractivity contribution in [2.24, 2.45) is 0 Å². The Hall–Kier alpha value is -2.90. The van der Waals surface area contributed by atoms with Gasteiger partial charge >= 0.3 is 5.69 Å². The molecule has 0 unspecified atom stereocenters. The Bertz CT molecular complexity index is 810. The van der Waals surface area contributed by atoms with Crippen molar-refractivity contribution in [2.75, 3.05) is 11.1 Å². The fourth-order valence-corrected chi connectivity index (χ4v) is 1.73. The minimum atomic E-state index is -0.687. The lowest BCUT2D eigenvalue weighted by molar-refractivity contribution is -0.116. The first kappa shape index (κ1) is 14.5. The van der Waals surface area contributed by atoms with Crippen molar-refractivity contribution >= 4 is 17.3 Å². The van der Waals surface area contributed by atoms with Crippen LogP contribution in [0, 0.1) is 12.7 Å². The van der Waals surface area contributed by atoms with Crippen LogP contribution in [0.4, 0.5) is 15.8 Å². The minimum Gasteiger partial charge on any atom is -0.397 e. The number of carbonyl (C=O) groups excluding carboxylic acids is 1. The highest BCUT2D eigenvalue weighted by atomic mass is 19.1. The van der Waals surface area contributed by atoms with Crippen LogP contribution in [0.2, 0.25) is 0 Å². The molecule has 0 aliphatic heterocycles. The van der Waals surface area contributed by atoms with Crippen LogP contribution in [-0.4, -0.2) is 15.5 Å². The number of amides is 1. The molecule has 0 bridgehead atoms. The van der Waals surface area contributed by atoms with Crippen molar-refractivity contribution in [2.45, 2.75) is 13.5 Å². The molecule has 21 heavy (non-hydrogen) atoms. The van der Waals surface area contributed by atoms with E-state index in [2.05, 4.69) is 10.3 Å². The molecular weight excluding hydrogens is 279 g/mol. The topological polar surface area (TPSA) is 110 Å². The Balaban J connectivity index is 2.17. The highest BCUT2D eigenvalue weighted by molar-refractivity contribution is 5.93. The predicted octanol–water partition coefficient (Wildman–Crippen LogP) is 0.205. The average molecular weight is 292 g/mol. The van der Waals surface area contributed by atoms with Crippen molar-refractivity contribution in [3.8, 4) is 0 Å². The fraction of sp³-hybridized carbons (Fsp3) is 0.154. The molecule has 0 aliphatic carbocycles. The maximum absolute atomic E-state index is 12.9. The summed E-state index contributed by atoms with van der Waals surface area (Å²) in [6.45, 7) is 1.22. The van der Waals surface area contributed by atoms with Crippen LogP contribution in [0.1, 0.15) is 5.56 Å². The Morgan fingerprint density at radius 1 is 1.43 bits per heavy atom. The molecule has 0 atom stereocenters. The smallest absolute Gasteiger partial charge is 0.328 e. The molecule has 1 aromatic carbocycles. The maximum Gasteiger partial charge on any atom is 0.328 e. The van der Waals surface area contributed by atoms with Gasteiger partial charge in [0.05, 0.1) is 11.4 Å². The van der Waals surface area contributed by atoms with E-state index < -0.39 is 23.0 Å². The molecule has 0 radical (unpaired) electrons. The monoisotopic (exact) mass is 292 g/mol. The summed E-state index contributed by atoms with van der Waals surface area (Å²) in [6, 6.07) is 3.55. The van der Waals surface area contributed by atoms with Gasteiger partial charge in [-0.1, -0.05) is 0 Å². The summed E-state index contributed by atoms with van der Waals surface area (Å²) in [7, 11) is 0. The predicted molar refractivity (Wildman–Crippen MR) is 75.5 cm³/mol. The summed E-state index contributed by atoms with van der Waals surface area (Å²) >= 11 is 0.